The molecule has 0 bridgehead atoms. The van der Waals surface area contributed by atoms with Gasteiger partial charge in [-0.25, -0.2) is 0 Å². The summed E-state index contributed by atoms with van der Waals surface area (Å²) in [6.07, 6.45) is 3.93. The van der Waals surface area contributed by atoms with Gasteiger partial charge in [0.25, 0.3) is 0 Å². The predicted molar refractivity (Wildman–Crippen MR) is 74.0 cm³/mol. The van der Waals surface area contributed by atoms with Crippen LogP contribution in [0.5, 0.6) is 0 Å². The number of nitrogen functional groups attached to an aromatic ring is 1. The van der Waals surface area contributed by atoms with Crippen LogP contribution >= 0.6 is 15.9 Å². The molecule has 0 amide bonds. The summed E-state index contributed by atoms with van der Waals surface area (Å²) in [7, 11) is 0. The Bertz CT molecular complexity index is 367. The fourth-order valence-corrected chi connectivity index (χ4v) is 3.36. The molecule has 1 heterocycles. The summed E-state index contributed by atoms with van der Waals surface area (Å²) in [5, 5.41) is 0. The number of halogens is 1. The first-order chi connectivity index (χ1) is 7.59. The Morgan fingerprint density at radius 1 is 1.38 bits per heavy atom. The van der Waals surface area contributed by atoms with Crippen molar-refractivity contribution in [2.75, 3.05) is 17.2 Å². The Kier molecular flexibility index (Phi) is 3.43. The van der Waals surface area contributed by atoms with Crippen LogP contribution in [0.3, 0.4) is 0 Å². The number of hydrogen-bond donors (Lipinski definition) is 1. The number of benzene rings is 1. The van der Waals surface area contributed by atoms with Crippen LogP contribution in [-0.4, -0.2) is 12.6 Å². The van der Waals surface area contributed by atoms with Crippen molar-refractivity contribution in [1.29, 1.82) is 0 Å². The number of aryl methyl sites for hydroxylation is 1. The summed E-state index contributed by atoms with van der Waals surface area (Å²) in [6, 6.07) is 4.69. The molecule has 1 aliphatic heterocycles. The molecule has 0 spiro atoms. The Balaban J connectivity index is 2.38. The molecule has 0 radical (unpaired) electrons. The van der Waals surface area contributed by atoms with Crippen molar-refractivity contribution in [3.05, 3.63) is 22.2 Å². The lowest BCUT2D eigenvalue weighted by Gasteiger charge is -2.37. The predicted octanol–water partition coefficient (Wildman–Crippen LogP) is 3.72. The number of piperidine rings is 1. The van der Waals surface area contributed by atoms with Gasteiger partial charge >= 0.3 is 0 Å². The Labute approximate surface area is 106 Å². The van der Waals surface area contributed by atoms with E-state index in [4.69, 9.17) is 5.73 Å². The summed E-state index contributed by atoms with van der Waals surface area (Å²) < 4.78 is 1.12. The third-order valence-corrected chi connectivity index (χ3v) is 3.97. The highest BCUT2D eigenvalue weighted by molar-refractivity contribution is 9.10. The van der Waals surface area contributed by atoms with Crippen molar-refractivity contribution in [3.63, 3.8) is 0 Å². The molecule has 1 atom stereocenters. The molecule has 1 fully saturated rings. The van der Waals surface area contributed by atoms with Gasteiger partial charge in [-0.05, 0) is 66.7 Å². The standard InChI is InChI=1S/C13H19BrN2/c1-9-7-11(15)8-12(14)13(9)16-6-4-3-5-10(16)2/h7-8,10H,3-6,15H2,1-2H3/t10-/m0/s1. The lowest BCUT2D eigenvalue weighted by atomic mass is 10.0. The third-order valence-electron chi connectivity index (χ3n) is 3.37. The zero-order valence-corrected chi connectivity index (χ0v) is 11.5. The van der Waals surface area contributed by atoms with Crippen LogP contribution in [0, 0.1) is 6.92 Å². The van der Waals surface area contributed by atoms with Crippen LogP contribution in [0.25, 0.3) is 0 Å². The molecule has 0 aliphatic carbocycles. The molecule has 1 aliphatic rings. The minimum absolute atomic E-state index is 0.632. The van der Waals surface area contributed by atoms with E-state index in [1.54, 1.807) is 0 Å². The summed E-state index contributed by atoms with van der Waals surface area (Å²) in [5.74, 6) is 0. The van der Waals surface area contributed by atoms with Crippen LogP contribution < -0.4 is 10.6 Å². The largest absolute Gasteiger partial charge is 0.399 e. The first-order valence-corrected chi connectivity index (χ1v) is 6.71. The van der Waals surface area contributed by atoms with Crippen molar-refractivity contribution >= 4 is 27.3 Å². The van der Waals surface area contributed by atoms with Crippen molar-refractivity contribution in [1.82, 2.24) is 0 Å². The maximum atomic E-state index is 5.84. The van der Waals surface area contributed by atoms with Gasteiger partial charge < -0.3 is 10.6 Å². The second-order valence-corrected chi connectivity index (χ2v) is 5.56. The summed E-state index contributed by atoms with van der Waals surface area (Å²) in [6.45, 7) is 5.60. The van der Waals surface area contributed by atoms with Gasteiger partial charge in [-0.2, -0.15) is 0 Å². The van der Waals surface area contributed by atoms with Crippen LogP contribution in [0.1, 0.15) is 31.7 Å². The maximum Gasteiger partial charge on any atom is 0.0544 e. The molecule has 3 heteroatoms. The monoisotopic (exact) mass is 282 g/mol. The number of anilines is 2. The van der Waals surface area contributed by atoms with E-state index in [0.29, 0.717) is 6.04 Å². The van der Waals surface area contributed by atoms with Gasteiger partial charge in [0, 0.05) is 22.7 Å². The van der Waals surface area contributed by atoms with E-state index in [1.807, 2.05) is 6.07 Å². The average molecular weight is 283 g/mol. The molecule has 1 saturated heterocycles. The van der Waals surface area contributed by atoms with Crippen molar-refractivity contribution in [2.24, 2.45) is 0 Å². The molecule has 88 valence electrons. The second kappa shape index (κ2) is 4.66. The number of rotatable bonds is 1. The average Bonchev–Trinajstić information content (AvgIpc) is 2.19. The van der Waals surface area contributed by atoms with Crippen molar-refractivity contribution in [2.45, 2.75) is 39.2 Å². The van der Waals surface area contributed by atoms with Gasteiger partial charge in [0.15, 0.2) is 0 Å². The van der Waals surface area contributed by atoms with Crippen LogP contribution in [0.15, 0.2) is 16.6 Å². The van der Waals surface area contributed by atoms with E-state index < -0.39 is 0 Å². The van der Waals surface area contributed by atoms with Gasteiger partial charge in [-0.15, -0.1) is 0 Å². The quantitative estimate of drug-likeness (QED) is 0.796. The molecule has 2 nitrogen and oxygen atoms in total. The molecule has 1 aromatic rings. The van der Waals surface area contributed by atoms with Gasteiger partial charge in [0.1, 0.15) is 0 Å². The van der Waals surface area contributed by atoms with Gasteiger partial charge in [-0.3, -0.25) is 0 Å². The van der Waals surface area contributed by atoms with E-state index in [1.165, 1.54) is 30.5 Å². The smallest absolute Gasteiger partial charge is 0.0544 e. The first-order valence-electron chi connectivity index (χ1n) is 5.92. The van der Waals surface area contributed by atoms with Gasteiger partial charge in [0.05, 0.1) is 5.69 Å². The third kappa shape index (κ3) is 2.19. The highest BCUT2D eigenvalue weighted by Crippen LogP contribution is 2.35. The summed E-state index contributed by atoms with van der Waals surface area (Å²) in [4.78, 5) is 2.50. The highest BCUT2D eigenvalue weighted by Gasteiger charge is 2.21. The van der Waals surface area contributed by atoms with Crippen molar-refractivity contribution < 1.29 is 0 Å². The van der Waals surface area contributed by atoms with E-state index >= 15 is 0 Å². The molecule has 2 N–H and O–H groups in total. The van der Waals surface area contributed by atoms with E-state index in [0.717, 1.165) is 16.7 Å². The summed E-state index contributed by atoms with van der Waals surface area (Å²) >= 11 is 3.64. The van der Waals surface area contributed by atoms with E-state index in [2.05, 4.69) is 40.7 Å². The van der Waals surface area contributed by atoms with Crippen LogP contribution in [-0.2, 0) is 0 Å². The molecule has 16 heavy (non-hydrogen) atoms. The fourth-order valence-electron chi connectivity index (χ4n) is 2.56. The minimum atomic E-state index is 0.632. The molecule has 0 unspecified atom stereocenters. The van der Waals surface area contributed by atoms with E-state index in [9.17, 15) is 0 Å². The highest BCUT2D eigenvalue weighted by atomic mass is 79.9. The lowest BCUT2D eigenvalue weighted by molar-refractivity contribution is 0.483. The number of hydrogen-bond acceptors (Lipinski definition) is 2. The normalized spacial score (nSPS) is 21.2. The maximum absolute atomic E-state index is 5.84. The lowest BCUT2D eigenvalue weighted by Crippen LogP contribution is -2.38. The Hall–Kier alpha value is -0.700. The van der Waals surface area contributed by atoms with Gasteiger partial charge in [0.2, 0.25) is 0 Å². The molecular weight excluding hydrogens is 264 g/mol. The number of nitrogens with two attached hydrogens (primary N) is 1. The van der Waals surface area contributed by atoms with Crippen molar-refractivity contribution in [3.8, 4) is 0 Å². The van der Waals surface area contributed by atoms with Crippen LogP contribution in [0.4, 0.5) is 11.4 Å². The molecule has 2 rings (SSSR count). The summed E-state index contributed by atoms with van der Waals surface area (Å²) in [5.41, 5.74) is 9.26. The zero-order chi connectivity index (χ0) is 11.7. The number of nitrogens with zero attached hydrogens (tertiary/aromatic N) is 1. The Morgan fingerprint density at radius 3 is 2.75 bits per heavy atom. The minimum Gasteiger partial charge on any atom is -0.399 e. The first kappa shape index (κ1) is 11.8. The fraction of sp³-hybridized carbons (Fsp3) is 0.538. The second-order valence-electron chi connectivity index (χ2n) is 4.71. The van der Waals surface area contributed by atoms with Gasteiger partial charge in [-0.1, -0.05) is 0 Å². The SMILES string of the molecule is Cc1cc(N)cc(Br)c1N1CCCC[C@@H]1C. The topological polar surface area (TPSA) is 29.3 Å². The molecule has 1 aromatic carbocycles. The van der Waals surface area contributed by atoms with Crippen LogP contribution in [0.2, 0.25) is 0 Å². The molecular formula is C13H19BrN2. The Morgan fingerprint density at radius 2 is 2.12 bits per heavy atom. The zero-order valence-electron chi connectivity index (χ0n) is 9.96. The molecule has 0 saturated carbocycles. The molecule has 0 aromatic heterocycles. The van der Waals surface area contributed by atoms with E-state index in [-0.39, 0.29) is 0 Å².